The number of unbranched alkanes of at least 4 members (excludes halogenated alkanes) is 1. The van der Waals surface area contributed by atoms with Crippen molar-refractivity contribution in [3.05, 3.63) is 56.9 Å². The molecule has 1 aliphatic heterocycles. The third-order valence-electron chi connectivity index (χ3n) is 6.77. The number of nitrogens with zero attached hydrogens (tertiary/aromatic N) is 2. The van der Waals surface area contributed by atoms with E-state index in [4.69, 9.17) is 19.0 Å². The Balaban J connectivity index is 1.98. The van der Waals surface area contributed by atoms with Crippen LogP contribution in [-0.4, -0.2) is 35.0 Å². The minimum absolute atomic E-state index is 0.00556. The molecule has 0 saturated heterocycles. The van der Waals surface area contributed by atoms with Gasteiger partial charge in [0.05, 0.1) is 37.2 Å². The van der Waals surface area contributed by atoms with Gasteiger partial charge in [0.15, 0.2) is 20.9 Å². The number of methoxy groups -OCH3 is 2. The smallest absolute Gasteiger partial charge is 0.257 e. The molecule has 1 N–H and O–H groups in total. The van der Waals surface area contributed by atoms with Gasteiger partial charge in [-0.3, -0.25) is 9.59 Å². The van der Waals surface area contributed by atoms with Crippen molar-refractivity contribution in [3.8, 4) is 17.1 Å². The lowest BCUT2D eigenvalue weighted by atomic mass is 9.89. The van der Waals surface area contributed by atoms with Crippen LogP contribution in [0.4, 0.5) is 0 Å². The fourth-order valence-electron chi connectivity index (χ4n) is 4.88. The van der Waals surface area contributed by atoms with E-state index in [1.54, 1.807) is 24.7 Å². The van der Waals surface area contributed by atoms with Gasteiger partial charge in [-0.15, -0.1) is 0 Å². The number of aldehydes is 1. The molecular weight excluding hydrogens is 467 g/mol. The molecule has 2 atom stereocenters. The lowest BCUT2D eigenvalue weighted by molar-refractivity contribution is -0.122. The molecule has 1 aliphatic rings. The van der Waals surface area contributed by atoms with Crippen LogP contribution in [0.3, 0.4) is 0 Å². The van der Waals surface area contributed by atoms with Crippen molar-refractivity contribution >= 4 is 26.2 Å². The molecule has 2 aromatic heterocycles. The number of rotatable bonds is 11. The second-order valence-corrected chi connectivity index (χ2v) is 9.11. The number of carbonyl (C=O) groups is 1. The normalized spacial score (nSPS) is 14.3. The number of carbonyl (C=O) groups excluding carboxylic acids is 1. The van der Waals surface area contributed by atoms with Crippen molar-refractivity contribution in [2.45, 2.75) is 58.3 Å². The Morgan fingerprint density at radius 1 is 1.26 bits per heavy atom. The molecule has 3 aromatic rings. The summed E-state index contributed by atoms with van der Waals surface area (Å²) in [7, 11) is 2.21. The summed E-state index contributed by atoms with van der Waals surface area (Å²) < 4.78 is 18.4. The molecule has 1 unspecified atom stereocenters. The third-order valence-corrected chi connectivity index (χ3v) is 7.22. The highest BCUT2D eigenvalue weighted by atomic mass is 31.1. The quantitative estimate of drug-likeness (QED) is 0.244. The SMILES string of the molecule is CCCCc1ccc2nc3c(c(OC)c2c1)Cn1c-3cc([C@](C=O)(CC)OPO)c(COC)c1=O. The summed E-state index contributed by atoms with van der Waals surface area (Å²) >= 11 is 0. The number of hydrogen-bond donors (Lipinski definition) is 1. The van der Waals surface area contributed by atoms with Crippen LogP contribution in [0.5, 0.6) is 5.75 Å². The Hall–Kier alpha value is -2.64. The van der Waals surface area contributed by atoms with E-state index in [1.165, 1.54) is 12.7 Å². The van der Waals surface area contributed by atoms with Gasteiger partial charge in [-0.05, 0) is 43.0 Å². The Bertz CT molecular complexity index is 1320. The first-order valence-electron chi connectivity index (χ1n) is 11.8. The molecule has 4 rings (SSSR count). The molecule has 0 fully saturated rings. The number of pyridine rings is 2. The van der Waals surface area contributed by atoms with Crippen LogP contribution in [0, 0.1) is 0 Å². The molecule has 9 heteroatoms. The lowest BCUT2D eigenvalue weighted by Gasteiger charge is -2.28. The fraction of sp³-hybridized carbons (Fsp3) is 0.423. The van der Waals surface area contributed by atoms with Gasteiger partial charge in [-0.1, -0.05) is 26.3 Å². The first-order valence-corrected chi connectivity index (χ1v) is 12.6. The minimum Gasteiger partial charge on any atom is -0.496 e. The minimum atomic E-state index is -1.46. The van der Waals surface area contributed by atoms with Gasteiger partial charge in [0.2, 0.25) is 0 Å². The summed E-state index contributed by atoms with van der Waals surface area (Å²) in [5, 5.41) is 0.915. The van der Waals surface area contributed by atoms with Gasteiger partial charge in [-0.25, -0.2) is 4.98 Å². The summed E-state index contributed by atoms with van der Waals surface area (Å²) in [6.07, 6.45) is 4.08. The second-order valence-electron chi connectivity index (χ2n) is 8.73. The number of benzene rings is 1. The van der Waals surface area contributed by atoms with Gasteiger partial charge in [-0.2, -0.15) is 0 Å². The molecule has 8 nitrogen and oxygen atoms in total. The largest absolute Gasteiger partial charge is 0.496 e. The van der Waals surface area contributed by atoms with Crippen molar-refractivity contribution in [1.29, 1.82) is 0 Å². The standard InChI is InChI=1S/C26H31N2O6P/c1-5-7-8-16-9-10-21-17(11-16)24(33-4)18-13-28-22(23(18)27-21)12-20(19(14-32-3)25(28)30)26(6-2,15-29)34-35-31/h9-12,15,31,35H,5-8,13-14H2,1-4H3/t26-/m1/s1. The van der Waals surface area contributed by atoms with E-state index < -0.39 is 14.6 Å². The molecule has 0 saturated carbocycles. The van der Waals surface area contributed by atoms with Crippen LogP contribution in [-0.2, 0) is 39.2 Å². The average Bonchev–Trinajstić information content (AvgIpc) is 3.24. The van der Waals surface area contributed by atoms with E-state index in [-0.39, 0.29) is 18.6 Å². The van der Waals surface area contributed by atoms with Gasteiger partial charge in [0, 0.05) is 29.2 Å². The van der Waals surface area contributed by atoms with Gasteiger partial charge >= 0.3 is 0 Å². The molecule has 186 valence electrons. The number of hydrogen-bond acceptors (Lipinski definition) is 7. The molecule has 0 radical (unpaired) electrons. The van der Waals surface area contributed by atoms with E-state index >= 15 is 0 Å². The maximum absolute atomic E-state index is 13.7. The van der Waals surface area contributed by atoms with Crippen molar-refractivity contribution in [2.24, 2.45) is 0 Å². The van der Waals surface area contributed by atoms with Crippen LogP contribution in [0.15, 0.2) is 29.1 Å². The maximum Gasteiger partial charge on any atom is 0.257 e. The molecule has 0 aliphatic carbocycles. The monoisotopic (exact) mass is 498 g/mol. The first-order chi connectivity index (χ1) is 17.0. The van der Waals surface area contributed by atoms with E-state index in [0.29, 0.717) is 41.1 Å². The van der Waals surface area contributed by atoms with Crippen molar-refractivity contribution in [3.63, 3.8) is 0 Å². The zero-order valence-corrected chi connectivity index (χ0v) is 21.5. The Kier molecular flexibility index (Phi) is 7.67. The van der Waals surface area contributed by atoms with E-state index in [2.05, 4.69) is 19.1 Å². The topological polar surface area (TPSA) is 99.9 Å². The highest BCUT2D eigenvalue weighted by molar-refractivity contribution is 7.25. The van der Waals surface area contributed by atoms with Crippen LogP contribution >= 0.6 is 9.03 Å². The first kappa shape index (κ1) is 25.5. The predicted octanol–water partition coefficient (Wildman–Crippen LogP) is 4.24. The number of aromatic nitrogens is 2. The third kappa shape index (κ3) is 4.29. The van der Waals surface area contributed by atoms with Gasteiger partial charge in [0.1, 0.15) is 5.75 Å². The van der Waals surface area contributed by atoms with E-state index in [1.807, 2.05) is 6.07 Å². The van der Waals surface area contributed by atoms with Crippen molar-refractivity contribution in [1.82, 2.24) is 9.55 Å². The Morgan fingerprint density at radius 2 is 2.06 bits per heavy atom. The van der Waals surface area contributed by atoms with Crippen LogP contribution in [0.1, 0.15) is 55.4 Å². The molecule has 1 aromatic carbocycles. The van der Waals surface area contributed by atoms with Gasteiger partial charge in [0.25, 0.3) is 5.56 Å². The molecule has 0 spiro atoms. The molecule has 35 heavy (non-hydrogen) atoms. The highest BCUT2D eigenvalue weighted by Gasteiger charge is 2.38. The Morgan fingerprint density at radius 3 is 2.69 bits per heavy atom. The molecular formula is C26H31N2O6P. The predicted molar refractivity (Wildman–Crippen MR) is 136 cm³/mol. The van der Waals surface area contributed by atoms with Crippen molar-refractivity contribution in [2.75, 3.05) is 14.2 Å². The summed E-state index contributed by atoms with van der Waals surface area (Å²) in [6, 6.07) is 7.96. The highest BCUT2D eigenvalue weighted by Crippen LogP contribution is 2.43. The number of fused-ring (bicyclic) bond motifs is 4. The summed E-state index contributed by atoms with van der Waals surface area (Å²) in [4.78, 5) is 40.3. The second kappa shape index (κ2) is 10.5. The van der Waals surface area contributed by atoms with Crippen molar-refractivity contribution < 1.29 is 23.7 Å². The van der Waals surface area contributed by atoms with Crippen LogP contribution < -0.4 is 10.3 Å². The van der Waals surface area contributed by atoms with Crippen LogP contribution in [0.25, 0.3) is 22.3 Å². The molecule has 0 bridgehead atoms. The average molecular weight is 499 g/mol. The fourth-order valence-corrected chi connectivity index (χ4v) is 5.35. The Labute approximate surface area is 206 Å². The lowest BCUT2D eigenvalue weighted by Crippen LogP contribution is -2.35. The number of ether oxygens (including phenoxy) is 2. The number of aryl methyl sites for hydroxylation is 1. The zero-order valence-electron chi connectivity index (χ0n) is 20.5. The molecule has 3 heterocycles. The van der Waals surface area contributed by atoms with Crippen LogP contribution in [0.2, 0.25) is 0 Å². The van der Waals surface area contributed by atoms with Gasteiger partial charge < -0.3 is 23.5 Å². The molecule has 0 amide bonds. The summed E-state index contributed by atoms with van der Waals surface area (Å²) in [6.45, 7) is 4.25. The maximum atomic E-state index is 13.7. The zero-order chi connectivity index (χ0) is 25.2. The van der Waals surface area contributed by atoms with E-state index in [9.17, 15) is 14.5 Å². The summed E-state index contributed by atoms with van der Waals surface area (Å²) in [5.74, 6) is 0.700. The summed E-state index contributed by atoms with van der Waals surface area (Å²) in [5.41, 5.74) is 3.00. The van der Waals surface area contributed by atoms with E-state index in [0.717, 1.165) is 35.7 Å².